The van der Waals surface area contributed by atoms with Gasteiger partial charge in [0.1, 0.15) is 17.5 Å². The van der Waals surface area contributed by atoms with Crippen molar-refractivity contribution in [3.05, 3.63) is 60.3 Å². The molecule has 6 rings (SSSR count). The smallest absolute Gasteiger partial charge is 0.251 e. The van der Waals surface area contributed by atoms with Crippen molar-refractivity contribution in [1.29, 1.82) is 0 Å². The molecule has 1 atom stereocenters. The normalized spacial score (nSPS) is 19.4. The van der Waals surface area contributed by atoms with Gasteiger partial charge in [-0.25, -0.2) is 4.98 Å². The van der Waals surface area contributed by atoms with Crippen LogP contribution < -0.4 is 30.1 Å². The summed E-state index contributed by atoms with van der Waals surface area (Å²) in [4.78, 5) is 43.8. The molecule has 41 heavy (non-hydrogen) atoms. The van der Waals surface area contributed by atoms with E-state index in [4.69, 9.17) is 9.72 Å². The fourth-order valence-corrected chi connectivity index (χ4v) is 5.82. The minimum atomic E-state index is -0.346. The van der Waals surface area contributed by atoms with Crippen molar-refractivity contribution in [2.75, 3.05) is 73.9 Å². The number of piperidine rings is 1. The van der Waals surface area contributed by atoms with Crippen molar-refractivity contribution >= 4 is 40.6 Å². The van der Waals surface area contributed by atoms with Crippen molar-refractivity contribution in [3.8, 4) is 5.75 Å². The van der Waals surface area contributed by atoms with Crippen LogP contribution in [0.4, 0.5) is 28.8 Å². The number of piperazine rings is 1. The van der Waals surface area contributed by atoms with Crippen LogP contribution in [0.3, 0.4) is 0 Å². The average Bonchev–Trinajstić information content (AvgIpc) is 3.01. The first-order valence-electron chi connectivity index (χ1n) is 14.1. The molecule has 1 unspecified atom stereocenters. The molecule has 2 saturated heterocycles. The Balaban J connectivity index is 1.19. The van der Waals surface area contributed by atoms with E-state index in [2.05, 4.69) is 49.5 Å². The van der Waals surface area contributed by atoms with E-state index in [1.165, 1.54) is 0 Å². The van der Waals surface area contributed by atoms with E-state index in [1.54, 1.807) is 37.4 Å². The summed E-state index contributed by atoms with van der Waals surface area (Å²) in [6.07, 6.45) is 3.56. The molecule has 0 saturated carbocycles. The van der Waals surface area contributed by atoms with Crippen LogP contribution in [0.25, 0.3) is 0 Å². The van der Waals surface area contributed by atoms with Gasteiger partial charge in [-0.1, -0.05) is 18.2 Å². The predicted molar refractivity (Wildman–Crippen MR) is 159 cm³/mol. The van der Waals surface area contributed by atoms with Crippen LogP contribution in [-0.4, -0.2) is 92.7 Å². The Hall–Kier alpha value is -4.38. The number of rotatable bonds is 6. The van der Waals surface area contributed by atoms with Gasteiger partial charge in [0.05, 0.1) is 19.0 Å². The number of aromatic nitrogens is 2. The number of para-hydroxylation sites is 1. The Labute approximate surface area is 240 Å². The molecule has 3 aliphatic heterocycles. The first-order valence-corrected chi connectivity index (χ1v) is 14.1. The molecule has 11 heteroatoms. The van der Waals surface area contributed by atoms with Gasteiger partial charge in [0.25, 0.3) is 11.8 Å². The lowest BCUT2D eigenvalue weighted by Gasteiger charge is -2.47. The molecular weight excluding hydrogens is 520 g/mol. The second-order valence-electron chi connectivity index (χ2n) is 10.9. The molecule has 2 amide bonds. The van der Waals surface area contributed by atoms with Crippen molar-refractivity contribution in [1.82, 2.24) is 20.2 Å². The summed E-state index contributed by atoms with van der Waals surface area (Å²) in [6, 6.07) is 15.3. The van der Waals surface area contributed by atoms with Gasteiger partial charge >= 0.3 is 0 Å². The van der Waals surface area contributed by atoms with E-state index in [0.29, 0.717) is 41.7 Å². The number of nitrogens with one attached hydrogen (secondary N) is 2. The Bertz CT molecular complexity index is 1430. The molecular formula is C30H36N8O3. The van der Waals surface area contributed by atoms with Gasteiger partial charge in [0, 0.05) is 44.0 Å². The number of ether oxygens (including phenoxy) is 1. The van der Waals surface area contributed by atoms with Gasteiger partial charge in [-0.3, -0.25) is 9.59 Å². The maximum absolute atomic E-state index is 13.3. The maximum Gasteiger partial charge on any atom is 0.251 e. The number of benzene rings is 2. The highest BCUT2D eigenvalue weighted by Crippen LogP contribution is 2.37. The average molecular weight is 557 g/mol. The number of carbonyl (C=O) groups excluding carboxylic acids is 2. The number of amides is 2. The SMILES string of the molecule is COc1cc(C(=O)NC2CCN(C)CC2)ccc1Nc1ncc2c(n1)N1CCN(c3ccccc3)CC1C(=O)N2C. The van der Waals surface area contributed by atoms with Crippen LogP contribution in [0.5, 0.6) is 5.75 Å². The van der Waals surface area contributed by atoms with E-state index in [0.717, 1.165) is 44.0 Å². The highest BCUT2D eigenvalue weighted by atomic mass is 16.5. The number of anilines is 5. The van der Waals surface area contributed by atoms with Crippen LogP contribution >= 0.6 is 0 Å². The molecule has 2 N–H and O–H groups in total. The number of hydrogen-bond acceptors (Lipinski definition) is 9. The van der Waals surface area contributed by atoms with Crippen molar-refractivity contribution < 1.29 is 14.3 Å². The lowest BCUT2D eigenvalue weighted by Crippen LogP contribution is -2.62. The number of carbonyl (C=O) groups is 2. The fraction of sp³-hybridized carbons (Fsp3) is 0.400. The van der Waals surface area contributed by atoms with Gasteiger partial charge in [0.2, 0.25) is 5.95 Å². The number of methoxy groups -OCH3 is 1. The van der Waals surface area contributed by atoms with Gasteiger partial charge in [-0.2, -0.15) is 4.98 Å². The largest absolute Gasteiger partial charge is 0.495 e. The third-order valence-electron chi connectivity index (χ3n) is 8.26. The zero-order valence-corrected chi connectivity index (χ0v) is 23.7. The fourth-order valence-electron chi connectivity index (χ4n) is 5.82. The number of fused-ring (bicyclic) bond motifs is 3. The summed E-state index contributed by atoms with van der Waals surface area (Å²) in [6.45, 7) is 3.97. The predicted octanol–water partition coefficient (Wildman–Crippen LogP) is 2.72. The number of nitrogens with zero attached hydrogens (tertiary/aromatic N) is 6. The topological polar surface area (TPSA) is 106 Å². The minimum absolute atomic E-state index is 0.0261. The highest BCUT2D eigenvalue weighted by Gasteiger charge is 2.41. The Morgan fingerprint density at radius 1 is 1.02 bits per heavy atom. The molecule has 2 aromatic carbocycles. The quantitative estimate of drug-likeness (QED) is 0.474. The van der Waals surface area contributed by atoms with Gasteiger partial charge in [-0.15, -0.1) is 0 Å². The molecule has 2 fully saturated rings. The van der Waals surface area contributed by atoms with Gasteiger partial charge < -0.3 is 35.0 Å². The minimum Gasteiger partial charge on any atom is -0.495 e. The zero-order chi connectivity index (χ0) is 28.5. The van der Waals surface area contributed by atoms with Gasteiger partial charge in [0.15, 0.2) is 5.82 Å². The van der Waals surface area contributed by atoms with Crippen LogP contribution in [0, 0.1) is 0 Å². The molecule has 11 nitrogen and oxygen atoms in total. The Kier molecular flexibility index (Phi) is 7.36. The first-order chi connectivity index (χ1) is 19.9. The molecule has 0 radical (unpaired) electrons. The molecule has 3 aromatic rings. The highest BCUT2D eigenvalue weighted by molar-refractivity contribution is 6.05. The van der Waals surface area contributed by atoms with Crippen molar-refractivity contribution in [2.24, 2.45) is 0 Å². The number of likely N-dealkylation sites (tertiary alicyclic amines) is 1. The third kappa shape index (κ3) is 5.37. The Morgan fingerprint density at radius 2 is 1.80 bits per heavy atom. The second-order valence-corrected chi connectivity index (χ2v) is 10.9. The number of likely N-dealkylation sites (N-methyl/N-ethyl adjacent to an activating group) is 1. The maximum atomic E-state index is 13.3. The molecule has 0 aliphatic carbocycles. The van der Waals surface area contributed by atoms with E-state index < -0.39 is 0 Å². The summed E-state index contributed by atoms with van der Waals surface area (Å²) in [5.41, 5.74) is 2.97. The van der Waals surface area contributed by atoms with Crippen LogP contribution in [-0.2, 0) is 4.79 Å². The van der Waals surface area contributed by atoms with Crippen molar-refractivity contribution in [3.63, 3.8) is 0 Å². The standard InChI is InChI=1S/C30H36N8O3/c1-35-13-11-21(12-14-35)32-28(39)20-9-10-23(26(17-20)41-3)33-30-31-18-24-27(34-30)38-16-15-37(22-7-5-4-6-8-22)19-25(38)29(40)36(24)2/h4-10,17-18,21,25H,11-16,19H2,1-3H3,(H,32,39)(H,31,33,34). The summed E-state index contributed by atoms with van der Waals surface area (Å²) in [7, 11) is 5.45. The van der Waals surface area contributed by atoms with E-state index in [9.17, 15) is 9.59 Å². The van der Waals surface area contributed by atoms with Crippen LogP contribution in [0.15, 0.2) is 54.7 Å². The van der Waals surface area contributed by atoms with Gasteiger partial charge in [-0.05, 0) is 63.3 Å². The Morgan fingerprint density at radius 3 is 2.56 bits per heavy atom. The molecule has 214 valence electrons. The molecule has 0 spiro atoms. The molecule has 3 aliphatic rings. The molecule has 0 bridgehead atoms. The third-order valence-corrected chi connectivity index (χ3v) is 8.26. The van der Waals surface area contributed by atoms with Crippen LogP contribution in [0.2, 0.25) is 0 Å². The molecule has 4 heterocycles. The van der Waals surface area contributed by atoms with E-state index >= 15 is 0 Å². The number of hydrogen-bond donors (Lipinski definition) is 2. The summed E-state index contributed by atoms with van der Waals surface area (Å²) in [5.74, 6) is 1.54. The monoisotopic (exact) mass is 556 g/mol. The molecule has 1 aromatic heterocycles. The summed E-state index contributed by atoms with van der Waals surface area (Å²) in [5, 5.41) is 6.41. The second kappa shape index (κ2) is 11.2. The first kappa shape index (κ1) is 26.8. The van der Waals surface area contributed by atoms with Crippen LogP contribution in [0.1, 0.15) is 23.2 Å². The van der Waals surface area contributed by atoms with E-state index in [1.807, 2.05) is 24.3 Å². The summed E-state index contributed by atoms with van der Waals surface area (Å²) < 4.78 is 5.62. The van der Waals surface area contributed by atoms with Crippen molar-refractivity contribution in [2.45, 2.75) is 24.9 Å². The summed E-state index contributed by atoms with van der Waals surface area (Å²) >= 11 is 0. The lowest BCUT2D eigenvalue weighted by molar-refractivity contribution is -0.119. The zero-order valence-electron chi connectivity index (χ0n) is 23.7. The lowest BCUT2D eigenvalue weighted by atomic mass is 10.0. The van der Waals surface area contributed by atoms with E-state index in [-0.39, 0.29) is 23.9 Å².